The van der Waals surface area contributed by atoms with Crippen molar-refractivity contribution >= 4 is 5.91 Å². The van der Waals surface area contributed by atoms with E-state index >= 15 is 0 Å². The summed E-state index contributed by atoms with van der Waals surface area (Å²) >= 11 is 0. The Hall–Kier alpha value is -1.29. The number of carbonyl (C=O) groups is 1. The minimum absolute atomic E-state index is 0.0450. The maximum Gasteiger partial charge on any atom is 0.254 e. The lowest BCUT2D eigenvalue weighted by molar-refractivity contribution is 0.0936. The summed E-state index contributed by atoms with van der Waals surface area (Å²) in [5, 5.41) is 2.97. The number of hydrogen-bond acceptors (Lipinski definition) is 3. The molecular formula is C13H20N2O2. The third kappa shape index (κ3) is 3.09. The van der Waals surface area contributed by atoms with E-state index in [4.69, 9.17) is 4.42 Å². The fraction of sp³-hybridized carbons (Fsp3) is 0.615. The van der Waals surface area contributed by atoms with Gasteiger partial charge in [0.25, 0.3) is 5.91 Å². The molecule has 0 bridgehead atoms. The molecule has 2 heterocycles. The monoisotopic (exact) mass is 236 g/mol. The topological polar surface area (TPSA) is 45.5 Å². The second-order valence-electron chi connectivity index (χ2n) is 4.53. The summed E-state index contributed by atoms with van der Waals surface area (Å²) in [6, 6.07) is 2.15. The van der Waals surface area contributed by atoms with Crippen LogP contribution in [0.25, 0.3) is 0 Å². The Bertz CT molecular complexity index is 342. The molecule has 1 aliphatic heterocycles. The Kier molecular flexibility index (Phi) is 4.20. The van der Waals surface area contributed by atoms with E-state index in [0.717, 1.165) is 13.0 Å². The molecule has 4 heteroatoms. The number of carbonyl (C=O) groups excluding carboxylic acids is 1. The van der Waals surface area contributed by atoms with Gasteiger partial charge in [-0.3, -0.25) is 9.69 Å². The summed E-state index contributed by atoms with van der Waals surface area (Å²) in [5.41, 5.74) is 0.598. The number of rotatable bonds is 5. The van der Waals surface area contributed by atoms with E-state index in [-0.39, 0.29) is 5.91 Å². The average Bonchev–Trinajstić information content (AvgIpc) is 3.02. The predicted octanol–water partition coefficient (Wildman–Crippen LogP) is 1.88. The Balaban J connectivity index is 1.81. The molecule has 0 radical (unpaired) electrons. The molecule has 2 rings (SSSR count). The second-order valence-corrected chi connectivity index (χ2v) is 4.53. The fourth-order valence-corrected chi connectivity index (χ4v) is 2.34. The first-order valence-corrected chi connectivity index (χ1v) is 6.35. The first-order valence-electron chi connectivity index (χ1n) is 6.35. The quantitative estimate of drug-likeness (QED) is 0.849. The van der Waals surface area contributed by atoms with Crippen LogP contribution in [-0.2, 0) is 0 Å². The fourth-order valence-electron chi connectivity index (χ4n) is 2.34. The van der Waals surface area contributed by atoms with Crippen molar-refractivity contribution in [3.05, 3.63) is 24.2 Å². The van der Waals surface area contributed by atoms with Crippen molar-refractivity contribution in [1.29, 1.82) is 0 Å². The highest BCUT2D eigenvalue weighted by Crippen LogP contribution is 2.13. The van der Waals surface area contributed by atoms with Crippen LogP contribution in [0.1, 0.15) is 36.5 Å². The first-order chi connectivity index (χ1) is 8.31. The molecule has 1 fully saturated rings. The van der Waals surface area contributed by atoms with E-state index in [1.54, 1.807) is 6.07 Å². The van der Waals surface area contributed by atoms with Gasteiger partial charge in [-0.05, 0) is 38.4 Å². The minimum atomic E-state index is -0.0450. The molecule has 0 spiro atoms. The standard InChI is InChI=1S/C13H20N2O2/c1-2-12(15-6-3-4-7-15)9-14-13(16)11-5-8-17-10-11/h5,8,10,12H,2-4,6-7,9H2,1H3,(H,14,16). The summed E-state index contributed by atoms with van der Waals surface area (Å²) in [7, 11) is 0. The van der Waals surface area contributed by atoms with Crippen molar-refractivity contribution in [3.8, 4) is 0 Å². The van der Waals surface area contributed by atoms with Crippen molar-refractivity contribution in [2.45, 2.75) is 32.2 Å². The zero-order valence-electron chi connectivity index (χ0n) is 10.3. The van der Waals surface area contributed by atoms with Gasteiger partial charge < -0.3 is 9.73 Å². The van der Waals surface area contributed by atoms with Crippen LogP contribution in [-0.4, -0.2) is 36.5 Å². The Morgan fingerprint density at radius 2 is 2.29 bits per heavy atom. The largest absolute Gasteiger partial charge is 0.472 e. The molecular weight excluding hydrogens is 216 g/mol. The van der Waals surface area contributed by atoms with E-state index in [2.05, 4.69) is 17.1 Å². The Labute approximate surface area is 102 Å². The van der Waals surface area contributed by atoms with Crippen LogP contribution in [0.5, 0.6) is 0 Å². The first kappa shape index (κ1) is 12.2. The molecule has 1 atom stereocenters. The van der Waals surface area contributed by atoms with Crippen molar-refractivity contribution < 1.29 is 9.21 Å². The lowest BCUT2D eigenvalue weighted by Crippen LogP contribution is -2.42. The number of nitrogens with zero attached hydrogens (tertiary/aromatic N) is 1. The molecule has 0 aromatic carbocycles. The van der Waals surface area contributed by atoms with E-state index in [1.165, 1.54) is 38.5 Å². The zero-order valence-corrected chi connectivity index (χ0v) is 10.3. The van der Waals surface area contributed by atoms with Crippen molar-refractivity contribution in [2.24, 2.45) is 0 Å². The molecule has 0 aliphatic carbocycles. The molecule has 1 unspecified atom stereocenters. The summed E-state index contributed by atoms with van der Waals surface area (Å²) in [6.45, 7) is 5.23. The van der Waals surface area contributed by atoms with Gasteiger partial charge in [-0.25, -0.2) is 0 Å². The third-order valence-corrected chi connectivity index (χ3v) is 3.41. The van der Waals surface area contributed by atoms with Gasteiger partial charge in [0, 0.05) is 12.6 Å². The molecule has 1 aliphatic rings. The van der Waals surface area contributed by atoms with Gasteiger partial charge in [0.1, 0.15) is 6.26 Å². The molecule has 1 aromatic rings. The molecule has 17 heavy (non-hydrogen) atoms. The minimum Gasteiger partial charge on any atom is -0.472 e. The van der Waals surface area contributed by atoms with Crippen LogP contribution in [0.15, 0.2) is 23.0 Å². The van der Waals surface area contributed by atoms with Crippen LogP contribution in [0.2, 0.25) is 0 Å². The van der Waals surface area contributed by atoms with E-state index in [1.807, 2.05) is 0 Å². The van der Waals surface area contributed by atoms with Gasteiger partial charge in [0.05, 0.1) is 11.8 Å². The summed E-state index contributed by atoms with van der Waals surface area (Å²) < 4.78 is 4.90. The molecule has 0 saturated carbocycles. The number of furan rings is 1. The van der Waals surface area contributed by atoms with Crippen molar-refractivity contribution in [2.75, 3.05) is 19.6 Å². The van der Waals surface area contributed by atoms with Crippen molar-refractivity contribution in [1.82, 2.24) is 10.2 Å². The summed E-state index contributed by atoms with van der Waals surface area (Å²) in [4.78, 5) is 14.2. The predicted molar refractivity (Wildman–Crippen MR) is 65.9 cm³/mol. The number of amides is 1. The zero-order chi connectivity index (χ0) is 12.1. The average molecular weight is 236 g/mol. The van der Waals surface area contributed by atoms with Gasteiger partial charge in [-0.15, -0.1) is 0 Å². The van der Waals surface area contributed by atoms with Crippen LogP contribution < -0.4 is 5.32 Å². The van der Waals surface area contributed by atoms with E-state index in [9.17, 15) is 4.79 Å². The second kappa shape index (κ2) is 5.87. The number of hydrogen-bond donors (Lipinski definition) is 1. The maximum atomic E-state index is 11.8. The van der Waals surface area contributed by atoms with Crippen LogP contribution >= 0.6 is 0 Å². The SMILES string of the molecule is CCC(CNC(=O)c1ccoc1)N1CCCC1. The highest BCUT2D eigenvalue weighted by Gasteiger charge is 2.20. The van der Waals surface area contributed by atoms with Crippen LogP contribution in [0.4, 0.5) is 0 Å². The molecule has 1 saturated heterocycles. The highest BCUT2D eigenvalue weighted by atomic mass is 16.3. The summed E-state index contributed by atoms with van der Waals surface area (Å²) in [6.07, 6.45) is 6.64. The van der Waals surface area contributed by atoms with E-state index in [0.29, 0.717) is 11.6 Å². The van der Waals surface area contributed by atoms with Crippen LogP contribution in [0, 0.1) is 0 Å². The normalized spacial score (nSPS) is 18.2. The molecule has 1 N–H and O–H groups in total. The van der Waals surface area contributed by atoms with Gasteiger partial charge in [0.15, 0.2) is 0 Å². The Morgan fingerprint density at radius 1 is 1.53 bits per heavy atom. The van der Waals surface area contributed by atoms with Gasteiger partial charge >= 0.3 is 0 Å². The smallest absolute Gasteiger partial charge is 0.254 e. The molecule has 1 aromatic heterocycles. The van der Waals surface area contributed by atoms with Gasteiger partial charge in [0.2, 0.25) is 0 Å². The van der Waals surface area contributed by atoms with Crippen LogP contribution in [0.3, 0.4) is 0 Å². The third-order valence-electron chi connectivity index (χ3n) is 3.41. The summed E-state index contributed by atoms with van der Waals surface area (Å²) in [5.74, 6) is -0.0450. The molecule has 4 nitrogen and oxygen atoms in total. The van der Waals surface area contributed by atoms with Gasteiger partial charge in [-0.2, -0.15) is 0 Å². The lowest BCUT2D eigenvalue weighted by Gasteiger charge is -2.26. The van der Waals surface area contributed by atoms with Crippen molar-refractivity contribution in [3.63, 3.8) is 0 Å². The van der Waals surface area contributed by atoms with Gasteiger partial charge in [-0.1, -0.05) is 6.92 Å². The Morgan fingerprint density at radius 3 is 2.88 bits per heavy atom. The maximum absolute atomic E-state index is 11.8. The molecule has 94 valence electrons. The highest BCUT2D eigenvalue weighted by molar-refractivity contribution is 5.93. The van der Waals surface area contributed by atoms with E-state index < -0.39 is 0 Å². The number of likely N-dealkylation sites (tertiary alicyclic amines) is 1. The molecule has 1 amide bonds. The lowest BCUT2D eigenvalue weighted by atomic mass is 10.2. The number of nitrogens with one attached hydrogen (secondary N) is 1.